The summed E-state index contributed by atoms with van der Waals surface area (Å²) in [4.78, 5) is 7.14. The number of hydrogen-bond acceptors (Lipinski definition) is 6. The van der Waals surface area contributed by atoms with Crippen LogP contribution in [0.3, 0.4) is 0 Å². The van der Waals surface area contributed by atoms with Crippen molar-refractivity contribution in [2.75, 3.05) is 31.6 Å². The van der Waals surface area contributed by atoms with Crippen molar-refractivity contribution in [3.8, 4) is 5.88 Å². The normalized spacial score (nSPS) is 17.6. The van der Waals surface area contributed by atoms with E-state index in [0.29, 0.717) is 31.5 Å². The molecule has 2 aromatic rings. The molecule has 1 aliphatic rings. The van der Waals surface area contributed by atoms with E-state index in [1.807, 2.05) is 0 Å². The Morgan fingerprint density at radius 1 is 1.26 bits per heavy atom. The lowest BCUT2D eigenvalue weighted by Gasteiger charge is -2.24. The lowest BCUT2D eigenvalue weighted by Crippen LogP contribution is -2.33. The van der Waals surface area contributed by atoms with Crippen LogP contribution in [0.2, 0.25) is 0 Å². The smallest absolute Gasteiger partial charge is 0.422 e. The molecule has 1 fully saturated rings. The molecule has 2 N–H and O–H groups in total. The summed E-state index contributed by atoms with van der Waals surface area (Å²) in [6, 6.07) is 4.20. The van der Waals surface area contributed by atoms with Crippen LogP contribution in [0.4, 0.5) is 33.6 Å². The summed E-state index contributed by atoms with van der Waals surface area (Å²) in [7, 11) is 0. The number of nitrogens with zero attached hydrogens (tertiary/aromatic N) is 2. The summed E-state index contributed by atoms with van der Waals surface area (Å²) in [5.41, 5.74) is 0.593. The Kier molecular flexibility index (Phi) is 5.71. The summed E-state index contributed by atoms with van der Waals surface area (Å²) < 4.78 is 74.2. The second kappa shape index (κ2) is 8.01. The number of morpholine rings is 1. The van der Waals surface area contributed by atoms with Crippen molar-refractivity contribution in [2.45, 2.75) is 12.3 Å². The van der Waals surface area contributed by atoms with Gasteiger partial charge in [-0.15, -0.1) is 0 Å². The van der Waals surface area contributed by atoms with E-state index >= 15 is 0 Å². The average Bonchev–Trinajstić information content (AvgIpc) is 2.62. The molecule has 3 rings (SSSR count). The summed E-state index contributed by atoms with van der Waals surface area (Å²) in [5.74, 6) is -2.78. The van der Waals surface area contributed by atoms with Gasteiger partial charge < -0.3 is 20.1 Å². The number of hydrogen-bond donors (Lipinski definition) is 2. The van der Waals surface area contributed by atoms with Gasteiger partial charge in [0, 0.05) is 24.3 Å². The van der Waals surface area contributed by atoms with Crippen LogP contribution in [0.5, 0.6) is 5.88 Å². The van der Waals surface area contributed by atoms with E-state index < -0.39 is 36.4 Å². The first kappa shape index (κ1) is 19.2. The fourth-order valence-corrected chi connectivity index (χ4v) is 2.42. The SMILES string of the molecule is Fc1cc(Nc2ncc(F)c(OCC(F)(F)F)n2)ccc1C1CNCCO1. The first-order valence-corrected chi connectivity index (χ1v) is 7.93. The van der Waals surface area contributed by atoms with E-state index in [0.717, 1.165) is 6.07 Å². The van der Waals surface area contributed by atoms with Gasteiger partial charge in [0.15, 0.2) is 6.61 Å². The summed E-state index contributed by atoms with van der Waals surface area (Å²) in [6.07, 6.45) is -4.40. The number of halogens is 5. The van der Waals surface area contributed by atoms with Crippen LogP contribution in [0, 0.1) is 11.6 Å². The molecule has 27 heavy (non-hydrogen) atoms. The van der Waals surface area contributed by atoms with Gasteiger partial charge >= 0.3 is 6.18 Å². The van der Waals surface area contributed by atoms with Gasteiger partial charge in [0.25, 0.3) is 5.88 Å². The van der Waals surface area contributed by atoms with Crippen molar-refractivity contribution in [3.05, 3.63) is 41.6 Å². The van der Waals surface area contributed by atoms with Gasteiger partial charge in [-0.3, -0.25) is 0 Å². The highest BCUT2D eigenvalue weighted by Gasteiger charge is 2.29. The zero-order chi connectivity index (χ0) is 19.4. The van der Waals surface area contributed by atoms with Crippen molar-refractivity contribution in [2.24, 2.45) is 0 Å². The predicted molar refractivity (Wildman–Crippen MR) is 84.8 cm³/mol. The summed E-state index contributed by atoms with van der Waals surface area (Å²) in [6.45, 7) is -0.0591. The second-order valence-corrected chi connectivity index (χ2v) is 5.68. The molecule has 1 saturated heterocycles. The van der Waals surface area contributed by atoms with Crippen LogP contribution in [-0.2, 0) is 4.74 Å². The highest BCUT2D eigenvalue weighted by Crippen LogP contribution is 2.26. The molecular weight excluding hydrogens is 375 g/mol. The molecule has 0 spiro atoms. The summed E-state index contributed by atoms with van der Waals surface area (Å²) >= 11 is 0. The number of nitrogens with one attached hydrogen (secondary N) is 2. The summed E-state index contributed by atoms with van der Waals surface area (Å²) in [5, 5.41) is 5.69. The lowest BCUT2D eigenvalue weighted by atomic mass is 10.1. The third kappa shape index (κ3) is 5.23. The minimum absolute atomic E-state index is 0.230. The highest BCUT2D eigenvalue weighted by molar-refractivity contribution is 5.54. The Labute approximate surface area is 150 Å². The molecule has 1 atom stereocenters. The van der Waals surface area contributed by atoms with Gasteiger partial charge in [-0.05, 0) is 12.1 Å². The van der Waals surface area contributed by atoms with Crippen LogP contribution < -0.4 is 15.4 Å². The zero-order valence-electron chi connectivity index (χ0n) is 13.8. The van der Waals surface area contributed by atoms with Gasteiger partial charge in [-0.1, -0.05) is 6.07 Å². The first-order chi connectivity index (χ1) is 12.8. The fourth-order valence-electron chi connectivity index (χ4n) is 2.42. The molecule has 1 aromatic heterocycles. The molecule has 146 valence electrons. The maximum Gasteiger partial charge on any atom is 0.422 e. The number of anilines is 2. The van der Waals surface area contributed by atoms with E-state index in [9.17, 15) is 22.0 Å². The predicted octanol–water partition coefficient (Wildman–Crippen LogP) is 3.10. The molecule has 0 amide bonds. The van der Waals surface area contributed by atoms with Gasteiger partial charge in [0.1, 0.15) is 5.82 Å². The molecule has 0 bridgehead atoms. The van der Waals surface area contributed by atoms with E-state index in [1.165, 1.54) is 12.1 Å². The Morgan fingerprint density at radius 3 is 2.74 bits per heavy atom. The van der Waals surface area contributed by atoms with Crippen LogP contribution in [0.25, 0.3) is 0 Å². The topological polar surface area (TPSA) is 68.3 Å². The van der Waals surface area contributed by atoms with E-state index in [1.54, 1.807) is 0 Å². The number of alkyl halides is 3. The highest BCUT2D eigenvalue weighted by atomic mass is 19.4. The molecule has 1 unspecified atom stereocenters. The maximum absolute atomic E-state index is 14.3. The molecule has 1 aliphatic heterocycles. The van der Waals surface area contributed by atoms with Crippen LogP contribution in [0.1, 0.15) is 11.7 Å². The van der Waals surface area contributed by atoms with Crippen molar-refractivity contribution < 1.29 is 31.4 Å². The molecule has 0 aliphatic carbocycles. The molecule has 2 heterocycles. The second-order valence-electron chi connectivity index (χ2n) is 5.68. The van der Waals surface area contributed by atoms with E-state index in [-0.39, 0.29) is 11.6 Å². The molecule has 1 aromatic carbocycles. The third-order valence-electron chi connectivity index (χ3n) is 3.62. The number of rotatable bonds is 5. The maximum atomic E-state index is 14.3. The molecular formula is C16H15F5N4O2. The van der Waals surface area contributed by atoms with Crippen LogP contribution in [0.15, 0.2) is 24.4 Å². The minimum atomic E-state index is -4.64. The van der Waals surface area contributed by atoms with Crippen molar-refractivity contribution >= 4 is 11.6 Å². The zero-order valence-corrected chi connectivity index (χ0v) is 13.8. The van der Waals surface area contributed by atoms with Crippen molar-refractivity contribution in [3.63, 3.8) is 0 Å². The Hall–Kier alpha value is -2.53. The fraction of sp³-hybridized carbons (Fsp3) is 0.375. The van der Waals surface area contributed by atoms with Crippen LogP contribution >= 0.6 is 0 Å². The first-order valence-electron chi connectivity index (χ1n) is 7.93. The van der Waals surface area contributed by atoms with Crippen molar-refractivity contribution in [1.29, 1.82) is 0 Å². The van der Waals surface area contributed by atoms with Gasteiger partial charge in [-0.25, -0.2) is 9.37 Å². The van der Waals surface area contributed by atoms with Crippen molar-refractivity contribution in [1.82, 2.24) is 15.3 Å². The third-order valence-corrected chi connectivity index (χ3v) is 3.62. The number of ether oxygens (including phenoxy) is 2. The number of benzene rings is 1. The molecule has 11 heteroatoms. The lowest BCUT2D eigenvalue weighted by molar-refractivity contribution is -0.154. The van der Waals surface area contributed by atoms with E-state index in [2.05, 4.69) is 25.3 Å². The van der Waals surface area contributed by atoms with E-state index in [4.69, 9.17) is 4.74 Å². The Balaban J connectivity index is 1.72. The Morgan fingerprint density at radius 2 is 2.07 bits per heavy atom. The van der Waals surface area contributed by atoms with Gasteiger partial charge in [0.05, 0.1) is 18.9 Å². The van der Waals surface area contributed by atoms with Gasteiger partial charge in [-0.2, -0.15) is 22.5 Å². The molecule has 6 nitrogen and oxygen atoms in total. The molecule has 0 saturated carbocycles. The number of aromatic nitrogens is 2. The quantitative estimate of drug-likeness (QED) is 0.765. The minimum Gasteiger partial charge on any atom is -0.466 e. The van der Waals surface area contributed by atoms with Gasteiger partial charge in [0.2, 0.25) is 11.8 Å². The van der Waals surface area contributed by atoms with Crippen LogP contribution in [-0.4, -0.2) is 42.4 Å². The monoisotopic (exact) mass is 390 g/mol. The average molecular weight is 390 g/mol. The Bertz CT molecular complexity index is 797. The standard InChI is InChI=1S/C16H15F5N4O2/c17-11-5-9(1-2-10(11)13-7-22-3-4-26-13)24-15-23-6-12(18)14(25-15)27-8-16(19,20)21/h1-2,5-6,13,22H,3-4,7-8H2,(H,23,24,25). The largest absolute Gasteiger partial charge is 0.466 e. The molecule has 0 radical (unpaired) electrons.